The van der Waals surface area contributed by atoms with Gasteiger partial charge in [-0.05, 0) is 24.1 Å². The van der Waals surface area contributed by atoms with Crippen LogP contribution >= 0.6 is 0 Å². The van der Waals surface area contributed by atoms with E-state index in [0.717, 1.165) is 5.57 Å². The van der Waals surface area contributed by atoms with Crippen molar-refractivity contribution in [3.63, 3.8) is 0 Å². The van der Waals surface area contributed by atoms with E-state index in [1.54, 1.807) is 30.4 Å². The smallest absolute Gasteiger partial charge is 0.196 e. The molecule has 2 nitrogen and oxygen atoms in total. The van der Waals surface area contributed by atoms with E-state index in [9.17, 15) is 9.18 Å². The summed E-state index contributed by atoms with van der Waals surface area (Å²) >= 11 is 0. The minimum atomic E-state index is -0.443. The highest BCUT2D eigenvalue weighted by atomic mass is 19.1. The predicted molar refractivity (Wildman–Crippen MR) is 90.5 cm³/mol. The Morgan fingerprint density at radius 2 is 1.87 bits per heavy atom. The molecule has 23 heavy (non-hydrogen) atoms. The second-order valence-electron chi connectivity index (χ2n) is 5.20. The van der Waals surface area contributed by atoms with Crippen molar-refractivity contribution < 1.29 is 8.81 Å². The van der Waals surface area contributed by atoms with Crippen LogP contribution in [0.25, 0.3) is 17.2 Å². The molecule has 1 heterocycles. The third kappa shape index (κ3) is 3.14. The molecule has 1 aliphatic rings. The maximum atomic E-state index is 14.0. The number of hydrogen-bond acceptors (Lipinski definition) is 2. The molecule has 0 fully saturated rings. The SMILES string of the molecule is C=C1C=Cc2occ(-c3ccccc3F)c(=O)c2C/C=C\C=C/1. The van der Waals surface area contributed by atoms with E-state index >= 15 is 0 Å². The lowest BCUT2D eigenvalue weighted by Gasteiger charge is -2.07. The summed E-state index contributed by atoms with van der Waals surface area (Å²) < 4.78 is 19.6. The first-order chi connectivity index (χ1) is 11.2. The largest absolute Gasteiger partial charge is 0.464 e. The van der Waals surface area contributed by atoms with Gasteiger partial charge in [0.05, 0.1) is 5.56 Å². The van der Waals surface area contributed by atoms with Crippen molar-refractivity contribution >= 4 is 6.08 Å². The number of halogens is 1. The van der Waals surface area contributed by atoms with Crippen molar-refractivity contribution in [1.82, 2.24) is 0 Å². The third-order valence-corrected chi connectivity index (χ3v) is 3.61. The number of hydrogen-bond donors (Lipinski definition) is 0. The average molecular weight is 306 g/mol. The van der Waals surface area contributed by atoms with Crippen LogP contribution in [0.1, 0.15) is 11.3 Å². The van der Waals surface area contributed by atoms with Crippen molar-refractivity contribution in [2.75, 3.05) is 0 Å². The lowest BCUT2D eigenvalue weighted by Crippen LogP contribution is -2.13. The minimum absolute atomic E-state index is 0.221. The van der Waals surface area contributed by atoms with Crippen molar-refractivity contribution in [2.45, 2.75) is 6.42 Å². The van der Waals surface area contributed by atoms with E-state index < -0.39 is 5.82 Å². The van der Waals surface area contributed by atoms with Gasteiger partial charge in [0.1, 0.15) is 17.8 Å². The fraction of sp³-hybridized carbons (Fsp3) is 0.0500. The highest BCUT2D eigenvalue weighted by Crippen LogP contribution is 2.22. The van der Waals surface area contributed by atoms with E-state index in [1.165, 1.54) is 12.3 Å². The quantitative estimate of drug-likeness (QED) is 0.765. The van der Waals surface area contributed by atoms with Gasteiger partial charge in [-0.15, -0.1) is 0 Å². The summed E-state index contributed by atoms with van der Waals surface area (Å²) in [5, 5.41) is 0. The molecule has 0 saturated heterocycles. The summed E-state index contributed by atoms with van der Waals surface area (Å²) in [6.45, 7) is 3.88. The van der Waals surface area contributed by atoms with Gasteiger partial charge < -0.3 is 4.42 Å². The van der Waals surface area contributed by atoms with Gasteiger partial charge in [0, 0.05) is 11.1 Å². The number of fused-ring (bicyclic) bond motifs is 1. The Labute approximate surface area is 133 Å². The molecule has 0 atom stereocenters. The summed E-state index contributed by atoms with van der Waals surface area (Å²) in [5.74, 6) is 0.0261. The van der Waals surface area contributed by atoms with E-state index in [2.05, 4.69) is 6.58 Å². The summed E-state index contributed by atoms with van der Waals surface area (Å²) in [5.41, 5.74) is 1.55. The standard InChI is InChI=1S/C20H15FO2/c1-14-7-3-2-4-9-16-19(12-11-14)23-13-17(20(16)22)15-8-5-6-10-18(15)21/h2-8,10-13H,1,9H2/b4-2-,7-3-,12-11?. The Morgan fingerprint density at radius 3 is 2.70 bits per heavy atom. The molecule has 0 saturated carbocycles. The molecular formula is C20H15FO2. The molecule has 1 aliphatic carbocycles. The molecule has 0 N–H and O–H groups in total. The first kappa shape index (κ1) is 15.0. The van der Waals surface area contributed by atoms with Gasteiger partial charge in [-0.3, -0.25) is 4.79 Å². The van der Waals surface area contributed by atoms with Crippen LogP contribution in [0.3, 0.4) is 0 Å². The second kappa shape index (κ2) is 6.44. The molecule has 0 unspecified atom stereocenters. The first-order valence-corrected chi connectivity index (χ1v) is 7.26. The summed E-state index contributed by atoms with van der Waals surface area (Å²) in [7, 11) is 0. The molecule has 114 valence electrons. The molecule has 0 aliphatic heterocycles. The zero-order valence-corrected chi connectivity index (χ0v) is 12.5. The van der Waals surface area contributed by atoms with Crippen LogP contribution < -0.4 is 5.43 Å². The lowest BCUT2D eigenvalue weighted by atomic mass is 10.0. The monoisotopic (exact) mass is 306 g/mol. The maximum Gasteiger partial charge on any atom is 0.196 e. The van der Waals surface area contributed by atoms with Crippen LogP contribution in [0.4, 0.5) is 4.39 Å². The lowest BCUT2D eigenvalue weighted by molar-refractivity contribution is 0.532. The molecule has 2 aromatic rings. The molecular weight excluding hydrogens is 291 g/mol. The maximum absolute atomic E-state index is 14.0. The van der Waals surface area contributed by atoms with Gasteiger partial charge in [0.2, 0.25) is 0 Å². The molecule has 3 rings (SSSR count). The van der Waals surface area contributed by atoms with Gasteiger partial charge in [0.15, 0.2) is 5.43 Å². The normalized spacial score (nSPS) is 16.7. The molecule has 1 aromatic heterocycles. The Hall–Kier alpha value is -2.94. The Balaban J connectivity index is 2.18. The Kier molecular flexibility index (Phi) is 4.20. The fourth-order valence-corrected chi connectivity index (χ4v) is 2.40. The van der Waals surface area contributed by atoms with Crippen LogP contribution in [-0.4, -0.2) is 0 Å². The zero-order chi connectivity index (χ0) is 16.2. The zero-order valence-electron chi connectivity index (χ0n) is 12.5. The molecule has 0 spiro atoms. The third-order valence-electron chi connectivity index (χ3n) is 3.61. The molecule has 3 heteroatoms. The van der Waals surface area contributed by atoms with E-state index in [0.29, 0.717) is 17.7 Å². The summed E-state index contributed by atoms with van der Waals surface area (Å²) in [6, 6.07) is 6.18. The summed E-state index contributed by atoms with van der Waals surface area (Å²) in [6.07, 6.45) is 12.7. The van der Waals surface area contributed by atoms with Crippen LogP contribution in [0.15, 0.2) is 82.3 Å². The predicted octanol–water partition coefficient (Wildman–Crippen LogP) is 4.68. The van der Waals surface area contributed by atoms with Gasteiger partial charge in [0.25, 0.3) is 0 Å². The van der Waals surface area contributed by atoms with Crippen LogP contribution in [0, 0.1) is 5.82 Å². The number of benzene rings is 1. The second-order valence-corrected chi connectivity index (χ2v) is 5.20. The topological polar surface area (TPSA) is 30.2 Å². The number of rotatable bonds is 1. The van der Waals surface area contributed by atoms with E-state index in [4.69, 9.17) is 4.42 Å². The Morgan fingerprint density at radius 1 is 1.04 bits per heavy atom. The van der Waals surface area contributed by atoms with Crippen LogP contribution in [0.5, 0.6) is 0 Å². The average Bonchev–Trinajstić information content (AvgIpc) is 2.55. The van der Waals surface area contributed by atoms with Crippen molar-refractivity contribution in [2.24, 2.45) is 0 Å². The van der Waals surface area contributed by atoms with E-state index in [-0.39, 0.29) is 16.6 Å². The highest BCUT2D eigenvalue weighted by Gasteiger charge is 2.15. The molecule has 0 radical (unpaired) electrons. The first-order valence-electron chi connectivity index (χ1n) is 7.26. The van der Waals surface area contributed by atoms with Crippen LogP contribution in [-0.2, 0) is 6.42 Å². The molecule has 0 amide bonds. The van der Waals surface area contributed by atoms with Gasteiger partial charge in [-0.2, -0.15) is 0 Å². The number of allylic oxidation sites excluding steroid dienone is 6. The summed E-state index contributed by atoms with van der Waals surface area (Å²) in [4.78, 5) is 12.8. The van der Waals surface area contributed by atoms with Crippen molar-refractivity contribution in [1.29, 1.82) is 0 Å². The van der Waals surface area contributed by atoms with Gasteiger partial charge in [-0.1, -0.05) is 55.2 Å². The van der Waals surface area contributed by atoms with Crippen molar-refractivity contribution in [3.8, 4) is 11.1 Å². The van der Waals surface area contributed by atoms with Gasteiger partial charge >= 0.3 is 0 Å². The van der Waals surface area contributed by atoms with Crippen molar-refractivity contribution in [3.05, 3.63) is 100 Å². The fourth-order valence-electron chi connectivity index (χ4n) is 2.40. The molecule has 1 aromatic carbocycles. The Bertz CT molecular complexity index is 898. The van der Waals surface area contributed by atoms with E-state index in [1.807, 2.05) is 24.3 Å². The van der Waals surface area contributed by atoms with Gasteiger partial charge in [-0.25, -0.2) is 4.39 Å². The molecule has 0 bridgehead atoms. The minimum Gasteiger partial charge on any atom is -0.464 e. The highest BCUT2D eigenvalue weighted by molar-refractivity contribution is 5.65. The van der Waals surface area contributed by atoms with Crippen LogP contribution in [0.2, 0.25) is 0 Å².